The monoisotopic (exact) mass is 227 g/mol. The summed E-state index contributed by atoms with van der Waals surface area (Å²) in [5.41, 5.74) is 0.968. The fourth-order valence-electron chi connectivity index (χ4n) is 0.921. The molecule has 0 fully saturated rings. The number of nitrogens with zero attached hydrogens (tertiary/aromatic N) is 1. The van der Waals surface area contributed by atoms with Gasteiger partial charge in [-0.05, 0) is 28.4 Å². The van der Waals surface area contributed by atoms with E-state index in [2.05, 4.69) is 22.5 Å². The normalized spacial score (nSPS) is 9.83. The SMILES string of the molecule is C=CCn1cc(Br)c(C)cc1=O. The maximum Gasteiger partial charge on any atom is 0.251 e. The molecule has 0 unspecified atom stereocenters. The fraction of sp³-hybridized carbons (Fsp3) is 0.222. The minimum atomic E-state index is 0.00981. The van der Waals surface area contributed by atoms with Crippen LogP contribution in [0.5, 0.6) is 0 Å². The van der Waals surface area contributed by atoms with Crippen LogP contribution in [0.25, 0.3) is 0 Å². The zero-order valence-corrected chi connectivity index (χ0v) is 8.47. The topological polar surface area (TPSA) is 22.0 Å². The molecule has 0 aliphatic rings. The van der Waals surface area contributed by atoms with Crippen LogP contribution >= 0.6 is 15.9 Å². The summed E-state index contributed by atoms with van der Waals surface area (Å²) in [6.45, 7) is 6.02. The van der Waals surface area contributed by atoms with Gasteiger partial charge in [0.2, 0.25) is 0 Å². The molecule has 0 atom stereocenters. The summed E-state index contributed by atoms with van der Waals surface area (Å²) in [6, 6.07) is 1.60. The van der Waals surface area contributed by atoms with Gasteiger partial charge in [-0.25, -0.2) is 0 Å². The Morgan fingerprint density at radius 2 is 2.42 bits per heavy atom. The molecule has 1 heterocycles. The fourth-order valence-corrected chi connectivity index (χ4v) is 1.28. The van der Waals surface area contributed by atoms with E-state index in [4.69, 9.17) is 0 Å². The summed E-state index contributed by atoms with van der Waals surface area (Å²) in [6.07, 6.45) is 3.47. The van der Waals surface area contributed by atoms with E-state index in [1.54, 1.807) is 22.9 Å². The Morgan fingerprint density at radius 1 is 1.75 bits per heavy atom. The van der Waals surface area contributed by atoms with Gasteiger partial charge in [0.05, 0.1) is 0 Å². The first-order valence-electron chi connectivity index (χ1n) is 3.62. The molecule has 3 heteroatoms. The molecule has 0 spiro atoms. The molecular formula is C9H10BrNO. The molecule has 0 radical (unpaired) electrons. The quantitative estimate of drug-likeness (QED) is 0.710. The number of halogens is 1. The Balaban J connectivity index is 3.23. The van der Waals surface area contributed by atoms with Gasteiger partial charge in [0, 0.05) is 23.3 Å². The van der Waals surface area contributed by atoms with Crippen LogP contribution in [0.4, 0.5) is 0 Å². The highest BCUT2D eigenvalue weighted by molar-refractivity contribution is 9.10. The Bertz CT molecular complexity index is 354. The molecule has 0 bridgehead atoms. The van der Waals surface area contributed by atoms with Crippen molar-refractivity contribution in [3.8, 4) is 0 Å². The summed E-state index contributed by atoms with van der Waals surface area (Å²) in [5, 5.41) is 0. The van der Waals surface area contributed by atoms with Gasteiger partial charge >= 0.3 is 0 Å². The highest BCUT2D eigenvalue weighted by Crippen LogP contribution is 2.11. The average molecular weight is 228 g/mol. The van der Waals surface area contributed by atoms with Crippen LogP contribution in [0.3, 0.4) is 0 Å². The number of aromatic nitrogens is 1. The molecule has 1 rings (SSSR count). The first-order chi connectivity index (χ1) is 5.65. The largest absolute Gasteiger partial charge is 0.311 e. The molecular weight excluding hydrogens is 218 g/mol. The maximum atomic E-state index is 11.3. The van der Waals surface area contributed by atoms with E-state index in [0.29, 0.717) is 6.54 Å². The number of aryl methyl sites for hydroxylation is 1. The van der Waals surface area contributed by atoms with Gasteiger partial charge in [0.25, 0.3) is 5.56 Å². The molecule has 0 aliphatic carbocycles. The number of rotatable bonds is 2. The number of pyridine rings is 1. The summed E-state index contributed by atoms with van der Waals surface area (Å²) in [7, 11) is 0. The molecule has 0 aromatic carbocycles. The lowest BCUT2D eigenvalue weighted by atomic mass is 10.3. The van der Waals surface area contributed by atoms with E-state index >= 15 is 0 Å². The highest BCUT2D eigenvalue weighted by Gasteiger charge is 1.98. The van der Waals surface area contributed by atoms with Crippen molar-refractivity contribution in [2.24, 2.45) is 0 Å². The maximum absolute atomic E-state index is 11.3. The summed E-state index contributed by atoms with van der Waals surface area (Å²) < 4.78 is 2.55. The van der Waals surface area contributed by atoms with E-state index in [9.17, 15) is 4.79 Å². The molecule has 64 valence electrons. The smallest absolute Gasteiger partial charge is 0.251 e. The molecule has 0 amide bonds. The molecule has 1 aromatic rings. The second kappa shape index (κ2) is 3.72. The number of hydrogen-bond donors (Lipinski definition) is 0. The van der Waals surface area contributed by atoms with E-state index in [1.165, 1.54) is 0 Å². The van der Waals surface area contributed by atoms with Crippen LogP contribution in [-0.4, -0.2) is 4.57 Å². The third-order valence-corrected chi connectivity index (χ3v) is 2.42. The van der Waals surface area contributed by atoms with E-state index in [0.717, 1.165) is 10.0 Å². The van der Waals surface area contributed by atoms with Crippen molar-refractivity contribution in [1.82, 2.24) is 4.57 Å². The van der Waals surface area contributed by atoms with Crippen molar-refractivity contribution in [1.29, 1.82) is 0 Å². The highest BCUT2D eigenvalue weighted by atomic mass is 79.9. The van der Waals surface area contributed by atoms with Crippen LogP contribution in [0.15, 0.2) is 34.2 Å². The molecule has 0 saturated heterocycles. The van der Waals surface area contributed by atoms with Crippen LogP contribution < -0.4 is 5.56 Å². The summed E-state index contributed by atoms with van der Waals surface area (Å²) >= 11 is 3.36. The lowest BCUT2D eigenvalue weighted by Crippen LogP contribution is -2.18. The lowest BCUT2D eigenvalue weighted by Gasteiger charge is -2.03. The summed E-state index contributed by atoms with van der Waals surface area (Å²) in [5.74, 6) is 0. The van der Waals surface area contributed by atoms with Crippen molar-refractivity contribution in [3.05, 3.63) is 45.3 Å². The van der Waals surface area contributed by atoms with Crippen LogP contribution in [0.1, 0.15) is 5.56 Å². The van der Waals surface area contributed by atoms with E-state index in [1.807, 2.05) is 6.92 Å². The van der Waals surface area contributed by atoms with Crippen LogP contribution in [0, 0.1) is 6.92 Å². The van der Waals surface area contributed by atoms with Gasteiger partial charge in [-0.1, -0.05) is 6.08 Å². The third kappa shape index (κ3) is 1.85. The average Bonchev–Trinajstić information content (AvgIpc) is 2.01. The number of allylic oxidation sites excluding steroid dienone is 1. The van der Waals surface area contributed by atoms with Crippen LogP contribution in [0.2, 0.25) is 0 Å². The summed E-state index contributed by atoms with van der Waals surface area (Å²) in [4.78, 5) is 11.3. The van der Waals surface area contributed by atoms with Crippen LogP contribution in [-0.2, 0) is 6.54 Å². The van der Waals surface area contributed by atoms with Gasteiger partial charge in [0.1, 0.15) is 0 Å². The third-order valence-electron chi connectivity index (χ3n) is 1.59. The molecule has 1 aromatic heterocycles. The van der Waals surface area contributed by atoms with E-state index in [-0.39, 0.29) is 5.56 Å². The minimum absolute atomic E-state index is 0.00981. The Morgan fingerprint density at radius 3 is 3.00 bits per heavy atom. The van der Waals surface area contributed by atoms with Gasteiger partial charge in [-0.15, -0.1) is 6.58 Å². The van der Waals surface area contributed by atoms with Gasteiger partial charge in [-0.2, -0.15) is 0 Å². The standard InChI is InChI=1S/C9H10BrNO/c1-3-4-11-6-8(10)7(2)5-9(11)12/h3,5-6H,1,4H2,2H3. The first-order valence-corrected chi connectivity index (χ1v) is 4.42. The lowest BCUT2D eigenvalue weighted by molar-refractivity contribution is 0.773. The zero-order chi connectivity index (χ0) is 9.14. The van der Waals surface area contributed by atoms with Crippen molar-refractivity contribution < 1.29 is 0 Å². The minimum Gasteiger partial charge on any atom is -0.311 e. The van der Waals surface area contributed by atoms with Crippen molar-refractivity contribution in [2.45, 2.75) is 13.5 Å². The van der Waals surface area contributed by atoms with Gasteiger partial charge < -0.3 is 4.57 Å². The number of hydrogen-bond acceptors (Lipinski definition) is 1. The molecule has 0 saturated carbocycles. The Labute approximate surface area is 79.7 Å². The molecule has 0 aliphatic heterocycles. The first kappa shape index (κ1) is 9.26. The molecule has 0 N–H and O–H groups in total. The van der Waals surface area contributed by atoms with Crippen molar-refractivity contribution in [3.63, 3.8) is 0 Å². The van der Waals surface area contributed by atoms with Gasteiger partial charge in [-0.3, -0.25) is 4.79 Å². The Kier molecular flexibility index (Phi) is 2.87. The van der Waals surface area contributed by atoms with E-state index < -0.39 is 0 Å². The molecule has 12 heavy (non-hydrogen) atoms. The molecule has 2 nitrogen and oxygen atoms in total. The zero-order valence-electron chi connectivity index (χ0n) is 6.88. The predicted molar refractivity (Wildman–Crippen MR) is 53.3 cm³/mol. The Hall–Kier alpha value is -0.830. The second-order valence-electron chi connectivity index (χ2n) is 2.58. The van der Waals surface area contributed by atoms with Crippen molar-refractivity contribution in [2.75, 3.05) is 0 Å². The second-order valence-corrected chi connectivity index (χ2v) is 3.44. The van der Waals surface area contributed by atoms with Gasteiger partial charge in [0.15, 0.2) is 0 Å². The van der Waals surface area contributed by atoms with Crippen molar-refractivity contribution >= 4 is 15.9 Å². The predicted octanol–water partition coefficient (Wildman–Crippen LogP) is 2.11.